The van der Waals surface area contributed by atoms with Gasteiger partial charge in [0, 0.05) is 6.61 Å². The first-order chi connectivity index (χ1) is 4.38. The lowest BCUT2D eigenvalue weighted by Gasteiger charge is -2.32. The minimum absolute atomic E-state index is 0.611. The van der Waals surface area contributed by atoms with Gasteiger partial charge in [0.25, 0.3) is 0 Å². The fourth-order valence-corrected chi connectivity index (χ4v) is 1.44. The van der Waals surface area contributed by atoms with Crippen molar-refractivity contribution in [2.75, 3.05) is 6.61 Å². The predicted molar refractivity (Wildman–Crippen MR) is 38.4 cm³/mol. The summed E-state index contributed by atoms with van der Waals surface area (Å²) in [4.78, 5) is 0. The Morgan fingerprint density at radius 1 is 1.44 bits per heavy atom. The first-order valence-corrected chi connectivity index (χ1v) is 4.00. The van der Waals surface area contributed by atoms with Crippen molar-refractivity contribution in [2.24, 2.45) is 5.92 Å². The van der Waals surface area contributed by atoms with Crippen LogP contribution in [-0.4, -0.2) is 12.7 Å². The van der Waals surface area contributed by atoms with Crippen LogP contribution in [-0.2, 0) is 4.74 Å². The summed E-state index contributed by atoms with van der Waals surface area (Å²) in [7, 11) is 0. The maximum atomic E-state index is 5.37. The largest absolute Gasteiger partial charge is 0.378 e. The van der Waals surface area contributed by atoms with Gasteiger partial charge in [0.1, 0.15) is 0 Å². The highest BCUT2D eigenvalue weighted by molar-refractivity contribution is 4.73. The Kier molecular flexibility index (Phi) is 2.52. The van der Waals surface area contributed by atoms with Crippen molar-refractivity contribution in [3.8, 4) is 0 Å². The van der Waals surface area contributed by atoms with Crippen LogP contribution in [0.4, 0.5) is 0 Å². The van der Waals surface area contributed by atoms with E-state index in [1.165, 1.54) is 19.3 Å². The maximum absolute atomic E-state index is 5.37. The average Bonchev–Trinajstić information content (AvgIpc) is 1.78. The summed E-state index contributed by atoms with van der Waals surface area (Å²) in [5.74, 6) is 0.832. The third-order valence-corrected chi connectivity index (χ3v) is 2.31. The molecule has 1 aliphatic heterocycles. The van der Waals surface area contributed by atoms with E-state index in [0.717, 1.165) is 12.5 Å². The highest BCUT2D eigenvalue weighted by atomic mass is 16.5. The summed E-state index contributed by atoms with van der Waals surface area (Å²) in [5.41, 5.74) is 0. The monoisotopic (exact) mass is 128 g/mol. The van der Waals surface area contributed by atoms with Crippen LogP contribution in [0.1, 0.15) is 33.1 Å². The van der Waals surface area contributed by atoms with E-state index in [2.05, 4.69) is 13.8 Å². The van der Waals surface area contributed by atoms with Crippen LogP contribution in [0.2, 0.25) is 0 Å². The van der Waals surface area contributed by atoms with Crippen molar-refractivity contribution in [1.29, 1.82) is 0 Å². The van der Waals surface area contributed by atoms with E-state index in [4.69, 9.17) is 4.74 Å². The molecule has 9 heavy (non-hydrogen) atoms. The topological polar surface area (TPSA) is 9.23 Å². The van der Waals surface area contributed by atoms with Gasteiger partial charge in [0.2, 0.25) is 0 Å². The van der Waals surface area contributed by atoms with Crippen molar-refractivity contribution in [2.45, 2.75) is 39.2 Å². The molecular weight excluding hydrogens is 112 g/mol. The number of hydrogen-bond donors (Lipinski definition) is 0. The molecule has 54 valence electrons. The van der Waals surface area contributed by atoms with E-state index in [1.54, 1.807) is 0 Å². The Morgan fingerprint density at radius 3 is 2.11 bits per heavy atom. The molecule has 1 nitrogen and oxygen atoms in total. The molecule has 0 radical (unpaired) electrons. The Bertz CT molecular complexity index is 72.6. The van der Waals surface area contributed by atoms with Crippen molar-refractivity contribution in [1.82, 2.24) is 0 Å². The van der Waals surface area contributed by atoms with Gasteiger partial charge in [-0.15, -0.1) is 0 Å². The van der Waals surface area contributed by atoms with Gasteiger partial charge in [-0.25, -0.2) is 0 Å². The van der Waals surface area contributed by atoms with Gasteiger partial charge in [-0.2, -0.15) is 0 Å². The van der Waals surface area contributed by atoms with E-state index in [-0.39, 0.29) is 0 Å². The van der Waals surface area contributed by atoms with Crippen molar-refractivity contribution >= 4 is 0 Å². The van der Waals surface area contributed by atoms with Gasteiger partial charge in [0.05, 0.1) is 6.10 Å². The first kappa shape index (κ1) is 7.07. The van der Waals surface area contributed by atoms with Crippen molar-refractivity contribution < 1.29 is 4.74 Å². The van der Waals surface area contributed by atoms with E-state index in [0.29, 0.717) is 6.10 Å². The fourth-order valence-electron chi connectivity index (χ4n) is 1.44. The summed E-state index contributed by atoms with van der Waals surface area (Å²) in [6, 6.07) is 0. The number of hydrogen-bond acceptors (Lipinski definition) is 1. The van der Waals surface area contributed by atoms with Crippen LogP contribution in [0, 0.1) is 5.92 Å². The molecule has 1 unspecified atom stereocenters. The number of ether oxygens (including phenoxy) is 1. The second-order valence-corrected chi connectivity index (χ2v) is 2.77. The molecule has 1 rings (SSSR count). The van der Waals surface area contributed by atoms with Gasteiger partial charge in [-0.1, -0.05) is 26.7 Å². The zero-order chi connectivity index (χ0) is 6.69. The van der Waals surface area contributed by atoms with Gasteiger partial charge < -0.3 is 4.74 Å². The van der Waals surface area contributed by atoms with Gasteiger partial charge in [-0.05, 0) is 12.3 Å². The first-order valence-electron chi connectivity index (χ1n) is 4.00. The van der Waals surface area contributed by atoms with Gasteiger partial charge in [0.15, 0.2) is 0 Å². The molecule has 0 aliphatic carbocycles. The van der Waals surface area contributed by atoms with Crippen molar-refractivity contribution in [3.63, 3.8) is 0 Å². The SMILES string of the molecule is CCC(CC)C1CCO1. The molecule has 1 heterocycles. The van der Waals surface area contributed by atoms with Crippen LogP contribution < -0.4 is 0 Å². The molecule has 0 bridgehead atoms. The highest BCUT2D eigenvalue weighted by Crippen LogP contribution is 2.24. The zero-order valence-electron chi connectivity index (χ0n) is 6.39. The van der Waals surface area contributed by atoms with Gasteiger partial charge >= 0.3 is 0 Å². The molecule has 0 aromatic rings. The minimum Gasteiger partial charge on any atom is -0.378 e. The fraction of sp³-hybridized carbons (Fsp3) is 1.00. The maximum Gasteiger partial charge on any atom is 0.0625 e. The summed E-state index contributed by atoms with van der Waals surface area (Å²) in [6.07, 6.45) is 4.47. The minimum atomic E-state index is 0.611. The van der Waals surface area contributed by atoms with E-state index in [9.17, 15) is 0 Å². The smallest absolute Gasteiger partial charge is 0.0625 e. The quantitative estimate of drug-likeness (QED) is 0.566. The zero-order valence-corrected chi connectivity index (χ0v) is 6.39. The number of rotatable bonds is 3. The molecule has 0 aromatic carbocycles. The molecule has 1 saturated heterocycles. The van der Waals surface area contributed by atoms with Crippen LogP contribution in [0.3, 0.4) is 0 Å². The molecule has 1 fully saturated rings. The van der Waals surface area contributed by atoms with Crippen LogP contribution in [0.25, 0.3) is 0 Å². The van der Waals surface area contributed by atoms with Gasteiger partial charge in [-0.3, -0.25) is 0 Å². The highest BCUT2D eigenvalue weighted by Gasteiger charge is 2.24. The van der Waals surface area contributed by atoms with Crippen LogP contribution in [0.5, 0.6) is 0 Å². The van der Waals surface area contributed by atoms with E-state index < -0.39 is 0 Å². The van der Waals surface area contributed by atoms with Crippen LogP contribution >= 0.6 is 0 Å². The lowest BCUT2D eigenvalue weighted by molar-refractivity contribution is -0.0861. The summed E-state index contributed by atoms with van der Waals surface area (Å²) in [6.45, 7) is 5.49. The molecule has 1 heteroatoms. The summed E-state index contributed by atoms with van der Waals surface area (Å²) >= 11 is 0. The third kappa shape index (κ3) is 1.45. The molecular formula is C8H16O. The summed E-state index contributed by atoms with van der Waals surface area (Å²) in [5, 5.41) is 0. The molecule has 0 spiro atoms. The molecule has 0 amide bonds. The molecule has 0 aromatic heterocycles. The Hall–Kier alpha value is -0.0400. The molecule has 1 atom stereocenters. The Balaban J connectivity index is 2.19. The lowest BCUT2D eigenvalue weighted by Crippen LogP contribution is -2.33. The third-order valence-electron chi connectivity index (χ3n) is 2.31. The van der Waals surface area contributed by atoms with Crippen molar-refractivity contribution in [3.05, 3.63) is 0 Å². The molecule has 1 aliphatic rings. The predicted octanol–water partition coefficient (Wildman–Crippen LogP) is 2.21. The molecule has 0 N–H and O–H groups in total. The second-order valence-electron chi connectivity index (χ2n) is 2.77. The normalized spacial score (nSPS) is 26.3. The Labute approximate surface area is 57.4 Å². The van der Waals surface area contributed by atoms with E-state index >= 15 is 0 Å². The van der Waals surface area contributed by atoms with Crippen LogP contribution in [0.15, 0.2) is 0 Å². The standard InChI is InChI=1S/C8H16O/c1-3-7(4-2)8-5-6-9-8/h7-8H,3-6H2,1-2H3. The average molecular weight is 128 g/mol. The molecule has 0 saturated carbocycles. The lowest BCUT2D eigenvalue weighted by atomic mass is 9.92. The second kappa shape index (κ2) is 3.21. The summed E-state index contributed by atoms with van der Waals surface area (Å²) < 4.78 is 5.37. The Morgan fingerprint density at radius 2 is 2.00 bits per heavy atom. The van der Waals surface area contributed by atoms with E-state index in [1.807, 2.05) is 0 Å².